The molecular weight excluding hydrogens is 362 g/mol. The summed E-state index contributed by atoms with van der Waals surface area (Å²) in [6.45, 7) is 11.9. The second kappa shape index (κ2) is 7.51. The van der Waals surface area contributed by atoms with E-state index >= 15 is 0 Å². The Morgan fingerprint density at radius 1 is 0.966 bits per heavy atom. The number of ether oxygens (including phenoxy) is 1. The summed E-state index contributed by atoms with van der Waals surface area (Å²) in [4.78, 5) is 26.9. The van der Waals surface area contributed by atoms with Crippen molar-refractivity contribution in [3.8, 4) is 11.1 Å². The molecule has 0 saturated carbocycles. The SMILES string of the molecule is CC(C)(C)OC(=O)/C=C/c1ccc2c(c1)-c1ccccc1CN2C(=O)C(C)(C)C. The third-order valence-electron chi connectivity index (χ3n) is 4.65. The zero-order valence-corrected chi connectivity index (χ0v) is 18.1. The van der Waals surface area contributed by atoms with E-state index in [1.807, 2.05) is 76.8 Å². The van der Waals surface area contributed by atoms with Gasteiger partial charge < -0.3 is 9.64 Å². The van der Waals surface area contributed by atoms with Gasteiger partial charge in [0.05, 0.1) is 12.2 Å². The quantitative estimate of drug-likeness (QED) is 0.494. The van der Waals surface area contributed by atoms with Gasteiger partial charge in [0.25, 0.3) is 0 Å². The summed E-state index contributed by atoms with van der Waals surface area (Å²) in [7, 11) is 0. The number of carbonyl (C=O) groups excluding carboxylic acids is 2. The molecule has 29 heavy (non-hydrogen) atoms. The summed E-state index contributed by atoms with van der Waals surface area (Å²) in [5.41, 5.74) is 4.02. The van der Waals surface area contributed by atoms with E-state index in [9.17, 15) is 9.59 Å². The average molecular weight is 392 g/mol. The molecule has 1 aliphatic rings. The van der Waals surface area contributed by atoms with Crippen molar-refractivity contribution in [1.82, 2.24) is 0 Å². The lowest BCUT2D eigenvalue weighted by molar-refractivity contribution is -0.148. The molecular formula is C25H29NO3. The largest absolute Gasteiger partial charge is 0.457 e. The first-order valence-corrected chi connectivity index (χ1v) is 9.91. The van der Waals surface area contributed by atoms with Crippen molar-refractivity contribution < 1.29 is 14.3 Å². The first kappa shape index (κ1) is 20.8. The molecule has 0 atom stereocenters. The number of carbonyl (C=O) groups is 2. The maximum Gasteiger partial charge on any atom is 0.331 e. The lowest BCUT2D eigenvalue weighted by atomic mass is 9.88. The highest BCUT2D eigenvalue weighted by Crippen LogP contribution is 2.41. The molecule has 1 aliphatic heterocycles. The molecule has 0 aromatic heterocycles. The fourth-order valence-corrected chi connectivity index (χ4v) is 3.37. The van der Waals surface area contributed by atoms with Gasteiger partial charge in [-0.15, -0.1) is 0 Å². The second-order valence-corrected chi connectivity index (χ2v) is 9.44. The van der Waals surface area contributed by atoms with Crippen LogP contribution in [-0.4, -0.2) is 17.5 Å². The molecule has 1 amide bonds. The molecule has 0 fully saturated rings. The minimum Gasteiger partial charge on any atom is -0.457 e. The smallest absolute Gasteiger partial charge is 0.331 e. The van der Waals surface area contributed by atoms with Crippen LogP contribution in [0.1, 0.15) is 52.7 Å². The maximum absolute atomic E-state index is 13.1. The van der Waals surface area contributed by atoms with Crippen LogP contribution in [0.15, 0.2) is 48.5 Å². The molecule has 0 aliphatic carbocycles. The van der Waals surface area contributed by atoms with E-state index in [2.05, 4.69) is 12.1 Å². The Morgan fingerprint density at radius 2 is 1.66 bits per heavy atom. The lowest BCUT2D eigenvalue weighted by Crippen LogP contribution is -2.40. The van der Waals surface area contributed by atoms with Crippen molar-refractivity contribution in [3.63, 3.8) is 0 Å². The van der Waals surface area contributed by atoms with Crippen molar-refractivity contribution in [2.75, 3.05) is 4.90 Å². The lowest BCUT2D eigenvalue weighted by Gasteiger charge is -2.35. The Bertz CT molecular complexity index is 974. The minimum atomic E-state index is -0.524. The monoisotopic (exact) mass is 391 g/mol. The van der Waals surface area contributed by atoms with E-state index in [-0.39, 0.29) is 11.9 Å². The summed E-state index contributed by atoms with van der Waals surface area (Å²) >= 11 is 0. The van der Waals surface area contributed by atoms with Gasteiger partial charge in [-0.3, -0.25) is 4.79 Å². The number of anilines is 1. The Balaban J connectivity index is 2.00. The Morgan fingerprint density at radius 3 is 2.31 bits per heavy atom. The number of benzene rings is 2. The molecule has 152 valence electrons. The summed E-state index contributed by atoms with van der Waals surface area (Å²) in [6.07, 6.45) is 3.20. The third kappa shape index (κ3) is 4.76. The zero-order chi connectivity index (χ0) is 21.4. The van der Waals surface area contributed by atoms with Crippen LogP contribution in [0.3, 0.4) is 0 Å². The van der Waals surface area contributed by atoms with Gasteiger partial charge in [-0.2, -0.15) is 0 Å². The molecule has 0 unspecified atom stereocenters. The Kier molecular flexibility index (Phi) is 5.40. The van der Waals surface area contributed by atoms with Crippen molar-refractivity contribution >= 4 is 23.6 Å². The van der Waals surface area contributed by atoms with Gasteiger partial charge in [0.1, 0.15) is 5.60 Å². The van der Waals surface area contributed by atoms with Gasteiger partial charge >= 0.3 is 5.97 Å². The molecule has 4 nitrogen and oxygen atoms in total. The highest BCUT2D eigenvalue weighted by Gasteiger charge is 2.32. The highest BCUT2D eigenvalue weighted by molar-refractivity contribution is 6.03. The van der Waals surface area contributed by atoms with Crippen LogP contribution in [0.25, 0.3) is 17.2 Å². The Labute approximate surface area is 173 Å². The van der Waals surface area contributed by atoms with E-state index in [1.165, 1.54) is 6.08 Å². The minimum absolute atomic E-state index is 0.0882. The molecule has 1 heterocycles. The topological polar surface area (TPSA) is 46.6 Å². The molecule has 3 rings (SSSR count). The molecule has 2 aromatic carbocycles. The summed E-state index contributed by atoms with van der Waals surface area (Å²) in [5.74, 6) is -0.287. The standard InChI is InChI=1S/C25H29NO3/c1-24(2,3)23(28)26-16-18-9-7-8-10-19(18)20-15-17(11-13-21(20)26)12-14-22(27)29-25(4,5)6/h7-15H,16H2,1-6H3/b14-12+. The molecule has 0 spiro atoms. The van der Waals surface area contributed by atoms with Gasteiger partial charge in [0.2, 0.25) is 5.91 Å². The summed E-state index contributed by atoms with van der Waals surface area (Å²) in [5, 5.41) is 0. The van der Waals surface area contributed by atoms with Crippen LogP contribution in [0, 0.1) is 5.41 Å². The number of rotatable bonds is 2. The molecule has 0 saturated heterocycles. The van der Waals surface area contributed by atoms with Gasteiger partial charge in [0.15, 0.2) is 0 Å². The van der Waals surface area contributed by atoms with Gasteiger partial charge in [-0.05, 0) is 55.7 Å². The van der Waals surface area contributed by atoms with Crippen LogP contribution in [0.2, 0.25) is 0 Å². The molecule has 2 aromatic rings. The number of hydrogen-bond acceptors (Lipinski definition) is 3. The average Bonchev–Trinajstić information content (AvgIpc) is 2.63. The fraction of sp³-hybridized carbons (Fsp3) is 0.360. The van der Waals surface area contributed by atoms with E-state index < -0.39 is 11.0 Å². The van der Waals surface area contributed by atoms with Crippen molar-refractivity contribution in [3.05, 3.63) is 59.7 Å². The zero-order valence-electron chi connectivity index (χ0n) is 18.1. The molecule has 0 N–H and O–H groups in total. The van der Waals surface area contributed by atoms with Crippen molar-refractivity contribution in [1.29, 1.82) is 0 Å². The highest BCUT2D eigenvalue weighted by atomic mass is 16.6. The van der Waals surface area contributed by atoms with Crippen LogP contribution < -0.4 is 4.90 Å². The maximum atomic E-state index is 13.1. The predicted octanol–water partition coefficient (Wildman–Crippen LogP) is 5.60. The number of esters is 1. The van der Waals surface area contributed by atoms with E-state index in [0.29, 0.717) is 6.54 Å². The molecule has 0 radical (unpaired) electrons. The normalized spacial score (nSPS) is 13.8. The Hall–Kier alpha value is -2.88. The van der Waals surface area contributed by atoms with Crippen molar-refractivity contribution in [2.45, 2.75) is 53.7 Å². The predicted molar refractivity (Wildman–Crippen MR) is 117 cm³/mol. The van der Waals surface area contributed by atoms with Crippen LogP contribution in [-0.2, 0) is 20.9 Å². The number of amides is 1. The summed E-state index contributed by atoms with van der Waals surface area (Å²) < 4.78 is 5.34. The van der Waals surface area contributed by atoms with Crippen molar-refractivity contribution in [2.24, 2.45) is 5.41 Å². The van der Waals surface area contributed by atoms with E-state index in [0.717, 1.165) is 27.9 Å². The van der Waals surface area contributed by atoms with E-state index in [1.54, 1.807) is 6.08 Å². The fourth-order valence-electron chi connectivity index (χ4n) is 3.37. The summed E-state index contributed by atoms with van der Waals surface area (Å²) in [6, 6.07) is 14.1. The first-order valence-electron chi connectivity index (χ1n) is 9.91. The number of nitrogens with zero attached hydrogens (tertiary/aromatic N) is 1. The number of fused-ring (bicyclic) bond motifs is 3. The van der Waals surface area contributed by atoms with Gasteiger partial charge in [0, 0.05) is 17.1 Å². The first-order chi connectivity index (χ1) is 13.5. The molecule has 4 heteroatoms. The van der Waals surface area contributed by atoms with E-state index in [4.69, 9.17) is 4.74 Å². The van der Waals surface area contributed by atoms with Crippen LogP contribution in [0.4, 0.5) is 5.69 Å². The molecule has 0 bridgehead atoms. The van der Waals surface area contributed by atoms with Gasteiger partial charge in [-0.1, -0.05) is 51.1 Å². The van der Waals surface area contributed by atoms with Gasteiger partial charge in [-0.25, -0.2) is 4.79 Å². The van der Waals surface area contributed by atoms with Crippen LogP contribution in [0.5, 0.6) is 0 Å². The third-order valence-corrected chi connectivity index (χ3v) is 4.65. The van der Waals surface area contributed by atoms with Crippen LogP contribution >= 0.6 is 0 Å². The second-order valence-electron chi connectivity index (χ2n) is 9.44. The number of hydrogen-bond donors (Lipinski definition) is 0.